The van der Waals surface area contributed by atoms with Gasteiger partial charge in [0.05, 0.1) is 17.1 Å². The highest BCUT2D eigenvalue weighted by molar-refractivity contribution is 5.13. The van der Waals surface area contributed by atoms with Crippen LogP contribution in [-0.2, 0) is 0 Å². The zero-order chi connectivity index (χ0) is 13.2. The maximum Gasteiger partial charge on any atom is 0.0860 e. The minimum absolute atomic E-state index is 0.446. The molecule has 2 aliphatic carbocycles. The number of nitrogens with zero attached hydrogens (tertiary/aromatic N) is 1. The van der Waals surface area contributed by atoms with Gasteiger partial charge in [-0.05, 0) is 50.4 Å². The Kier molecular flexibility index (Phi) is 4.02. The van der Waals surface area contributed by atoms with Gasteiger partial charge in [-0.15, -0.1) is 0 Å². The first-order chi connectivity index (χ1) is 8.53. The van der Waals surface area contributed by atoms with Gasteiger partial charge < -0.3 is 5.11 Å². The van der Waals surface area contributed by atoms with Gasteiger partial charge in [0.15, 0.2) is 0 Å². The molecule has 2 heteroatoms. The Balaban J connectivity index is 2.11. The van der Waals surface area contributed by atoms with Crippen molar-refractivity contribution in [2.75, 3.05) is 0 Å². The molecular formula is C16H27NO. The van der Waals surface area contributed by atoms with E-state index in [0.29, 0.717) is 5.92 Å². The summed E-state index contributed by atoms with van der Waals surface area (Å²) < 4.78 is 0. The van der Waals surface area contributed by atoms with Crippen LogP contribution in [0.4, 0.5) is 0 Å². The number of nitriles is 1. The molecular weight excluding hydrogens is 222 g/mol. The molecule has 2 nitrogen and oxygen atoms in total. The van der Waals surface area contributed by atoms with E-state index >= 15 is 0 Å². The summed E-state index contributed by atoms with van der Waals surface area (Å²) >= 11 is 0. The van der Waals surface area contributed by atoms with Gasteiger partial charge in [-0.3, -0.25) is 0 Å². The molecule has 0 bridgehead atoms. The Hall–Kier alpha value is -0.550. The van der Waals surface area contributed by atoms with Crippen molar-refractivity contribution in [1.29, 1.82) is 5.26 Å². The molecule has 102 valence electrons. The van der Waals surface area contributed by atoms with E-state index in [1.807, 2.05) is 0 Å². The van der Waals surface area contributed by atoms with Crippen molar-refractivity contribution < 1.29 is 5.11 Å². The molecule has 0 aromatic heterocycles. The van der Waals surface area contributed by atoms with Crippen molar-refractivity contribution in [3.8, 4) is 6.07 Å². The lowest BCUT2D eigenvalue weighted by atomic mass is 9.57. The van der Waals surface area contributed by atoms with Gasteiger partial charge in [0.1, 0.15) is 0 Å². The molecule has 0 radical (unpaired) electrons. The zero-order valence-electron chi connectivity index (χ0n) is 11.9. The first kappa shape index (κ1) is 13.9. The van der Waals surface area contributed by atoms with Crippen LogP contribution in [0.2, 0.25) is 0 Å². The van der Waals surface area contributed by atoms with E-state index in [2.05, 4.69) is 19.9 Å². The summed E-state index contributed by atoms with van der Waals surface area (Å²) in [6.45, 7) is 4.55. The van der Waals surface area contributed by atoms with Crippen molar-refractivity contribution in [3.63, 3.8) is 0 Å². The van der Waals surface area contributed by atoms with Crippen LogP contribution >= 0.6 is 0 Å². The first-order valence-electron chi connectivity index (χ1n) is 7.67. The largest absolute Gasteiger partial charge is 0.388 e. The Morgan fingerprint density at radius 1 is 1.06 bits per heavy atom. The normalized spacial score (nSPS) is 36.3. The highest BCUT2D eigenvalue weighted by Crippen LogP contribution is 2.52. The number of rotatable bonds is 2. The van der Waals surface area contributed by atoms with Gasteiger partial charge in [-0.1, -0.05) is 33.1 Å². The second kappa shape index (κ2) is 5.21. The molecule has 2 saturated carbocycles. The highest BCUT2D eigenvalue weighted by atomic mass is 16.3. The average molecular weight is 249 g/mol. The maximum absolute atomic E-state index is 10.9. The van der Waals surface area contributed by atoms with Crippen molar-refractivity contribution in [2.24, 2.45) is 17.3 Å². The van der Waals surface area contributed by atoms with Gasteiger partial charge in [0.25, 0.3) is 0 Å². The van der Waals surface area contributed by atoms with E-state index in [4.69, 9.17) is 0 Å². The molecule has 0 atom stereocenters. The van der Waals surface area contributed by atoms with Crippen molar-refractivity contribution in [1.82, 2.24) is 0 Å². The minimum Gasteiger partial charge on any atom is -0.388 e. The maximum atomic E-state index is 10.9. The lowest BCUT2D eigenvalue weighted by molar-refractivity contribution is -0.103. The lowest BCUT2D eigenvalue weighted by Gasteiger charge is -2.49. The topological polar surface area (TPSA) is 44.0 Å². The summed E-state index contributed by atoms with van der Waals surface area (Å²) in [5.41, 5.74) is -1.14. The molecule has 0 spiro atoms. The fourth-order valence-electron chi connectivity index (χ4n) is 4.10. The molecule has 0 aromatic carbocycles. The lowest BCUT2D eigenvalue weighted by Crippen LogP contribution is -2.50. The third kappa shape index (κ3) is 2.30. The number of hydrogen-bond donors (Lipinski definition) is 1. The third-order valence-corrected chi connectivity index (χ3v) is 5.61. The average Bonchev–Trinajstić information content (AvgIpc) is 2.39. The Labute approximate surface area is 111 Å². The van der Waals surface area contributed by atoms with Crippen LogP contribution in [0.15, 0.2) is 0 Å². The van der Waals surface area contributed by atoms with Gasteiger partial charge in [0.2, 0.25) is 0 Å². The molecule has 0 aliphatic heterocycles. The summed E-state index contributed by atoms with van der Waals surface area (Å²) in [4.78, 5) is 0. The smallest absolute Gasteiger partial charge is 0.0860 e. The molecule has 2 aliphatic rings. The summed E-state index contributed by atoms with van der Waals surface area (Å²) in [5, 5.41) is 20.6. The first-order valence-corrected chi connectivity index (χ1v) is 7.67. The second-order valence-electron chi connectivity index (χ2n) is 6.87. The molecule has 0 heterocycles. The SMILES string of the molecule is CC(C)C1CCC(C#N)(C2(O)CCCCC2)CC1. The van der Waals surface area contributed by atoms with E-state index in [1.54, 1.807) is 0 Å². The fraction of sp³-hybridized carbons (Fsp3) is 0.938. The third-order valence-electron chi connectivity index (χ3n) is 5.61. The number of aliphatic hydroxyl groups is 1. The summed E-state index contributed by atoms with van der Waals surface area (Å²) in [6, 6.07) is 2.54. The van der Waals surface area contributed by atoms with Crippen LogP contribution in [0.5, 0.6) is 0 Å². The summed E-state index contributed by atoms with van der Waals surface area (Å²) in [5.74, 6) is 1.46. The van der Waals surface area contributed by atoms with E-state index in [1.165, 1.54) is 6.42 Å². The molecule has 0 amide bonds. The Bertz CT molecular complexity index is 314. The Morgan fingerprint density at radius 3 is 2.06 bits per heavy atom. The summed E-state index contributed by atoms with van der Waals surface area (Å²) in [6.07, 6.45) is 9.13. The highest BCUT2D eigenvalue weighted by Gasteiger charge is 2.52. The zero-order valence-corrected chi connectivity index (χ0v) is 11.9. The second-order valence-corrected chi connectivity index (χ2v) is 6.87. The predicted octanol–water partition coefficient (Wildman–Crippen LogP) is 4.04. The molecule has 0 saturated heterocycles. The molecule has 2 fully saturated rings. The predicted molar refractivity (Wildman–Crippen MR) is 72.9 cm³/mol. The molecule has 18 heavy (non-hydrogen) atoms. The van der Waals surface area contributed by atoms with E-state index in [9.17, 15) is 10.4 Å². The van der Waals surface area contributed by atoms with Crippen LogP contribution < -0.4 is 0 Å². The van der Waals surface area contributed by atoms with Gasteiger partial charge in [-0.25, -0.2) is 0 Å². The van der Waals surface area contributed by atoms with Crippen molar-refractivity contribution in [2.45, 2.75) is 77.2 Å². The van der Waals surface area contributed by atoms with E-state index < -0.39 is 11.0 Å². The standard InChI is InChI=1S/C16H27NO/c1-13(2)14-6-10-15(12-17,11-7-14)16(18)8-4-3-5-9-16/h13-14,18H,3-11H2,1-2H3. The minimum atomic E-state index is -0.693. The van der Waals surface area contributed by atoms with Crippen LogP contribution in [0.3, 0.4) is 0 Å². The monoisotopic (exact) mass is 249 g/mol. The summed E-state index contributed by atoms with van der Waals surface area (Å²) in [7, 11) is 0. The van der Waals surface area contributed by atoms with Crippen molar-refractivity contribution in [3.05, 3.63) is 0 Å². The molecule has 0 aromatic rings. The van der Waals surface area contributed by atoms with Crippen LogP contribution in [0.25, 0.3) is 0 Å². The molecule has 1 N–H and O–H groups in total. The quantitative estimate of drug-likeness (QED) is 0.802. The van der Waals surface area contributed by atoms with Crippen LogP contribution in [0, 0.1) is 28.6 Å². The van der Waals surface area contributed by atoms with Crippen LogP contribution in [0.1, 0.15) is 71.6 Å². The van der Waals surface area contributed by atoms with Crippen molar-refractivity contribution >= 4 is 0 Å². The van der Waals surface area contributed by atoms with Gasteiger partial charge in [-0.2, -0.15) is 5.26 Å². The molecule has 2 rings (SSSR count). The van der Waals surface area contributed by atoms with Crippen LogP contribution in [-0.4, -0.2) is 10.7 Å². The van der Waals surface area contributed by atoms with E-state index in [-0.39, 0.29) is 0 Å². The Morgan fingerprint density at radius 2 is 1.61 bits per heavy atom. The van der Waals surface area contributed by atoms with Gasteiger partial charge >= 0.3 is 0 Å². The molecule has 0 unspecified atom stereocenters. The number of hydrogen-bond acceptors (Lipinski definition) is 2. The van der Waals surface area contributed by atoms with E-state index in [0.717, 1.165) is 57.3 Å². The fourth-order valence-corrected chi connectivity index (χ4v) is 4.10. The van der Waals surface area contributed by atoms with Gasteiger partial charge in [0, 0.05) is 0 Å².